The molecule has 0 aromatic carbocycles. The fraction of sp³-hybridized carbons (Fsp3) is 0.800. The number of ketones is 1. The van der Waals surface area contributed by atoms with Crippen molar-refractivity contribution in [3.05, 3.63) is 0 Å². The molecule has 0 heterocycles. The summed E-state index contributed by atoms with van der Waals surface area (Å²) in [5.41, 5.74) is 0. The van der Waals surface area contributed by atoms with Gasteiger partial charge in [0.05, 0.1) is 0 Å². The van der Waals surface area contributed by atoms with Gasteiger partial charge >= 0.3 is 0 Å². The molecule has 0 rings (SSSR count). The molecule has 15 heavy (non-hydrogen) atoms. The number of hydrogen-bond donors (Lipinski definition) is 1. The molecule has 0 fully saturated rings. The molecule has 5 heteroatoms. The fourth-order valence-corrected chi connectivity index (χ4v) is 1.35. The van der Waals surface area contributed by atoms with Crippen molar-refractivity contribution in [2.45, 2.75) is 39.5 Å². The number of amides is 1. The molecule has 0 aliphatic carbocycles. The van der Waals surface area contributed by atoms with E-state index in [0.29, 0.717) is 6.54 Å². The Kier molecular flexibility index (Phi) is 19.6. The number of unbranched alkanes of at least 4 members (excludes halogenated alkanes) is 1. The smallest absolute Gasteiger partial charge is 0.132 e. The Balaban J connectivity index is -0.000000720. The molecule has 1 N–H and O–H groups in total. The Morgan fingerprint density at radius 3 is 2.40 bits per heavy atom. The van der Waals surface area contributed by atoms with Gasteiger partial charge in [0, 0.05) is 45.4 Å². The minimum absolute atomic E-state index is 0. The van der Waals surface area contributed by atoms with Gasteiger partial charge < -0.3 is 10.1 Å². The van der Waals surface area contributed by atoms with E-state index in [1.54, 1.807) is 13.3 Å². The van der Waals surface area contributed by atoms with Crippen molar-refractivity contribution in [1.29, 1.82) is 0 Å². The van der Waals surface area contributed by atoms with Gasteiger partial charge in [0.1, 0.15) is 5.78 Å². The predicted molar refractivity (Wildman–Crippen MR) is 57.8 cm³/mol. The van der Waals surface area contributed by atoms with Crippen LogP contribution in [0.3, 0.4) is 0 Å². The Labute approximate surface area is 118 Å². The molecule has 0 spiro atoms. The van der Waals surface area contributed by atoms with Crippen LogP contribution in [0.1, 0.15) is 39.5 Å². The van der Waals surface area contributed by atoms with Crippen molar-refractivity contribution in [3.63, 3.8) is 0 Å². The van der Waals surface area contributed by atoms with Gasteiger partial charge in [-0.05, 0) is 32.7 Å². The first-order valence-electron chi connectivity index (χ1n) is 4.82. The quantitative estimate of drug-likeness (QED) is 0.269. The molecule has 0 aromatic rings. The molecule has 0 unspecified atom stereocenters. The van der Waals surface area contributed by atoms with Crippen LogP contribution in [0, 0.1) is 37.0 Å². The Morgan fingerprint density at radius 2 is 2.00 bits per heavy atom. The summed E-state index contributed by atoms with van der Waals surface area (Å²) in [5.74, 6) is 0.484. The summed E-state index contributed by atoms with van der Waals surface area (Å²) < 4.78 is 0. The second-order valence-electron chi connectivity index (χ2n) is 3.24. The molecule has 0 bridgehead atoms. The van der Waals surface area contributed by atoms with E-state index in [1.807, 2.05) is 6.92 Å². The first-order valence-corrected chi connectivity index (χ1v) is 4.82. The van der Waals surface area contributed by atoms with Crippen molar-refractivity contribution in [2.75, 3.05) is 6.54 Å². The van der Waals surface area contributed by atoms with Crippen LogP contribution < -0.4 is 5.32 Å². The third-order valence-electron chi connectivity index (χ3n) is 2.24. The summed E-state index contributed by atoms with van der Waals surface area (Å²) in [6, 6.07) is 0. The summed E-state index contributed by atoms with van der Waals surface area (Å²) in [6.07, 6.45) is 5.40. The molecule has 0 aliphatic heterocycles. The number of hydrogen-bond acceptors (Lipinski definition) is 2. The molecule has 0 aromatic heterocycles. The van der Waals surface area contributed by atoms with E-state index in [4.69, 9.17) is 0 Å². The maximum atomic E-state index is 11.0. The number of rotatable bonds is 8. The Hall–Kier alpha value is 0.257. The van der Waals surface area contributed by atoms with Gasteiger partial charge in [-0.25, -0.2) is 0 Å². The van der Waals surface area contributed by atoms with Crippen molar-refractivity contribution in [3.8, 4) is 0 Å². The van der Waals surface area contributed by atoms with E-state index in [2.05, 4.69) is 5.32 Å². The normalized spacial score (nSPS) is 10.5. The number of carbonyl (C=O) groups is 1. The van der Waals surface area contributed by atoms with Gasteiger partial charge in [0.15, 0.2) is 0 Å². The van der Waals surface area contributed by atoms with Crippen LogP contribution in [0.2, 0.25) is 0 Å². The maximum Gasteiger partial charge on any atom is 0.132 e. The second-order valence-corrected chi connectivity index (χ2v) is 3.24. The van der Waals surface area contributed by atoms with Crippen molar-refractivity contribution >= 4 is 20.6 Å². The van der Waals surface area contributed by atoms with Crippen LogP contribution in [0.5, 0.6) is 0 Å². The van der Waals surface area contributed by atoms with E-state index in [9.17, 15) is 9.59 Å². The Morgan fingerprint density at radius 1 is 1.40 bits per heavy atom. The largest absolute Gasteiger partial charge is 0.530 e. The first kappa shape index (κ1) is 20.6. The van der Waals surface area contributed by atoms with Gasteiger partial charge in [-0.2, -0.15) is 6.41 Å². The van der Waals surface area contributed by atoms with Crippen molar-refractivity contribution in [1.82, 2.24) is 5.32 Å². The molecular weight excluding hydrogens is 415 g/mol. The van der Waals surface area contributed by atoms with Crippen LogP contribution in [-0.2, 0) is 9.59 Å². The Bertz CT molecular complexity index is 168. The minimum Gasteiger partial charge on any atom is -0.530 e. The summed E-state index contributed by atoms with van der Waals surface area (Å²) in [4.78, 5) is 20.8. The zero-order valence-corrected chi connectivity index (χ0v) is 13.7. The summed E-state index contributed by atoms with van der Waals surface area (Å²) in [6.45, 7) is 4.34. The third kappa shape index (κ3) is 12.2. The number of nitrogens with one attached hydrogen (secondary N) is 1. The summed E-state index contributed by atoms with van der Waals surface area (Å²) in [5, 5.41) is 2.48. The van der Waals surface area contributed by atoms with Crippen LogP contribution in [0.4, 0.5) is 0 Å². The van der Waals surface area contributed by atoms with Crippen LogP contribution in [0.25, 0.3) is 0 Å². The summed E-state index contributed by atoms with van der Waals surface area (Å²) in [7, 11) is 0. The van der Waals surface area contributed by atoms with Crippen LogP contribution in [0.15, 0.2) is 0 Å². The van der Waals surface area contributed by atoms with E-state index < -0.39 is 0 Å². The topological polar surface area (TPSA) is 46.2 Å². The van der Waals surface area contributed by atoms with Crippen LogP contribution >= 0.6 is 0 Å². The zero-order valence-electron chi connectivity index (χ0n) is 9.51. The number of Topliss-reactive ketones (excluding diaryl/α,β-unsaturated/α-hetero) is 1. The molecule has 3 radical (unpaired) electrons. The molecular formula is C10H18BNO2U-. The minimum atomic E-state index is 0. The molecule has 0 aliphatic rings. The monoisotopic (exact) mass is 433 g/mol. The first-order chi connectivity index (χ1) is 6.22. The maximum absolute atomic E-state index is 11.0. The number of carbonyl (C=O) groups excluding carboxylic acids is 2. The van der Waals surface area contributed by atoms with Gasteiger partial charge in [-0.1, -0.05) is 13.3 Å². The standard InChI is InChI=1S/C10H18NO2.B.U/c1-3-10(9(2)13)6-4-5-7-11-8-12;;/h10H,3-7H2,1-2H3,(H,11,12);;/q-1;;/t10-;;/m0../s1. The third-order valence-corrected chi connectivity index (χ3v) is 2.24. The SMILES string of the molecule is CC[C@@H](CCCCN[C-]=O)C(C)=O.[B].[U]. The van der Waals surface area contributed by atoms with E-state index >= 15 is 0 Å². The van der Waals surface area contributed by atoms with Crippen molar-refractivity contribution < 1.29 is 40.7 Å². The molecule has 1 amide bonds. The predicted octanol–water partition coefficient (Wildman–Crippen LogP) is 1.05. The second kappa shape index (κ2) is 14.3. The van der Waals surface area contributed by atoms with Crippen LogP contribution in [-0.4, -0.2) is 27.2 Å². The molecule has 1 atom stereocenters. The van der Waals surface area contributed by atoms with Gasteiger partial charge in [0.2, 0.25) is 0 Å². The van der Waals surface area contributed by atoms with Crippen molar-refractivity contribution in [2.24, 2.45) is 5.92 Å². The zero-order chi connectivity index (χ0) is 10.1. The van der Waals surface area contributed by atoms with Gasteiger partial charge in [-0.15, -0.1) is 0 Å². The summed E-state index contributed by atoms with van der Waals surface area (Å²) >= 11 is 0. The van der Waals surface area contributed by atoms with E-state index in [-0.39, 0.29) is 51.2 Å². The fourth-order valence-electron chi connectivity index (χ4n) is 1.35. The molecule has 0 saturated carbocycles. The average molecular weight is 433 g/mol. The van der Waals surface area contributed by atoms with E-state index in [1.165, 1.54) is 0 Å². The molecule has 83 valence electrons. The van der Waals surface area contributed by atoms with Gasteiger partial charge in [0.25, 0.3) is 0 Å². The van der Waals surface area contributed by atoms with E-state index in [0.717, 1.165) is 25.7 Å². The van der Waals surface area contributed by atoms with Gasteiger partial charge in [-0.3, -0.25) is 4.79 Å². The molecule has 3 nitrogen and oxygen atoms in total. The molecule has 0 saturated heterocycles. The average Bonchev–Trinajstić information content (AvgIpc) is 2.10.